The molecule has 0 heterocycles. The second-order valence-electron chi connectivity index (χ2n) is 1.46. The van der Waals surface area contributed by atoms with Gasteiger partial charge >= 0.3 is 5.92 Å². The molecule has 0 aliphatic carbocycles. The molecule has 0 saturated heterocycles. The molecule has 0 saturated carbocycles. The van der Waals surface area contributed by atoms with Crippen molar-refractivity contribution in [2.75, 3.05) is 7.11 Å². The van der Waals surface area contributed by atoms with Crippen LogP contribution in [0.3, 0.4) is 0 Å². The topological polar surface area (TPSA) is 33.1 Å². The van der Waals surface area contributed by atoms with Gasteiger partial charge in [0.1, 0.15) is 0 Å². The molecule has 0 bridgehead atoms. The lowest BCUT2D eigenvalue weighted by atomic mass is 10.4. The number of rotatable bonds is 2. The van der Waals surface area contributed by atoms with Gasteiger partial charge in [-0.05, 0) is 0 Å². The molecular weight excluding hydrogens is 231 g/mol. The lowest BCUT2D eigenvalue weighted by molar-refractivity contribution is 0.0679. The zero-order valence-corrected chi connectivity index (χ0v) is 7.34. The number of methoxy groups -OCH3 is 1. The monoisotopic (exact) mass is 235 g/mol. The molecule has 0 amide bonds. The molecule has 2 nitrogen and oxygen atoms in total. The van der Waals surface area contributed by atoms with E-state index in [2.05, 4.69) is 20.7 Å². The van der Waals surface area contributed by atoms with E-state index in [9.17, 15) is 8.78 Å². The lowest BCUT2D eigenvalue weighted by Gasteiger charge is -2.16. The van der Waals surface area contributed by atoms with Crippen molar-refractivity contribution in [3.63, 3.8) is 0 Å². The maximum Gasteiger partial charge on any atom is 0.346 e. The highest BCUT2D eigenvalue weighted by molar-refractivity contribution is 9.10. The molecule has 0 aliphatic heterocycles. The number of halogens is 4. The predicted molar refractivity (Wildman–Crippen MR) is 38.3 cm³/mol. The van der Waals surface area contributed by atoms with E-state index in [1.54, 1.807) is 0 Å². The number of hydrogen-bond acceptors (Lipinski definition) is 2. The standard InChI is InChI=1S/C4H5BrClF2NO/c1-10-3(9)4(7,8)2(5)6/h2,9H,1H3. The Kier molecular flexibility index (Phi) is 3.51. The third-order valence-corrected chi connectivity index (χ3v) is 1.63. The molecule has 60 valence electrons. The van der Waals surface area contributed by atoms with Gasteiger partial charge in [-0.1, -0.05) is 15.9 Å². The first kappa shape index (κ1) is 10.1. The van der Waals surface area contributed by atoms with Crippen molar-refractivity contribution in [3.05, 3.63) is 0 Å². The van der Waals surface area contributed by atoms with Crippen molar-refractivity contribution in [2.45, 2.75) is 10.2 Å². The first-order valence-corrected chi connectivity index (χ1v) is 3.57. The molecule has 1 unspecified atom stereocenters. The summed E-state index contributed by atoms with van der Waals surface area (Å²) in [6, 6.07) is 0. The fourth-order valence-corrected chi connectivity index (χ4v) is 0.542. The summed E-state index contributed by atoms with van der Waals surface area (Å²) in [5, 5.41) is 6.58. The van der Waals surface area contributed by atoms with Gasteiger partial charge < -0.3 is 4.74 Å². The molecule has 0 spiro atoms. The first-order chi connectivity index (χ1) is 4.42. The van der Waals surface area contributed by atoms with Crippen LogP contribution in [0.5, 0.6) is 0 Å². The summed E-state index contributed by atoms with van der Waals surface area (Å²) in [6.07, 6.45) is 0. The van der Waals surface area contributed by atoms with E-state index >= 15 is 0 Å². The highest BCUT2D eigenvalue weighted by atomic mass is 79.9. The molecule has 0 aromatic carbocycles. The van der Waals surface area contributed by atoms with E-state index in [1.807, 2.05) is 0 Å². The van der Waals surface area contributed by atoms with Gasteiger partial charge in [0.25, 0.3) is 5.90 Å². The maximum atomic E-state index is 12.4. The van der Waals surface area contributed by atoms with Crippen LogP contribution in [0, 0.1) is 5.41 Å². The van der Waals surface area contributed by atoms with Crippen LogP contribution in [0.25, 0.3) is 0 Å². The summed E-state index contributed by atoms with van der Waals surface area (Å²) in [4.78, 5) is 0. The Morgan fingerprint density at radius 2 is 2.20 bits per heavy atom. The van der Waals surface area contributed by atoms with Gasteiger partial charge in [0, 0.05) is 0 Å². The van der Waals surface area contributed by atoms with Crippen molar-refractivity contribution in [1.29, 1.82) is 5.41 Å². The van der Waals surface area contributed by atoms with Crippen LogP contribution in [0.1, 0.15) is 0 Å². The molecule has 0 rings (SSSR count). The van der Waals surface area contributed by atoms with Gasteiger partial charge in [0.2, 0.25) is 0 Å². The van der Waals surface area contributed by atoms with Gasteiger partial charge in [-0.2, -0.15) is 8.78 Å². The largest absolute Gasteiger partial charge is 0.480 e. The van der Waals surface area contributed by atoms with Gasteiger partial charge in [-0.3, -0.25) is 5.41 Å². The maximum absolute atomic E-state index is 12.4. The van der Waals surface area contributed by atoms with Gasteiger partial charge in [0.15, 0.2) is 4.29 Å². The second-order valence-corrected chi connectivity index (χ2v) is 3.34. The smallest absolute Gasteiger partial charge is 0.346 e. The molecule has 0 fully saturated rings. The summed E-state index contributed by atoms with van der Waals surface area (Å²) >= 11 is 7.42. The molecule has 6 heteroatoms. The van der Waals surface area contributed by atoms with Crippen LogP contribution >= 0.6 is 27.5 Å². The van der Waals surface area contributed by atoms with Gasteiger partial charge in [0.05, 0.1) is 7.11 Å². The van der Waals surface area contributed by atoms with Crippen LogP contribution in [0.2, 0.25) is 0 Å². The Hall–Kier alpha value is 0.1000. The number of nitrogens with one attached hydrogen (secondary N) is 1. The van der Waals surface area contributed by atoms with Crippen LogP contribution in [0.4, 0.5) is 8.78 Å². The minimum Gasteiger partial charge on any atom is -0.480 e. The van der Waals surface area contributed by atoms with Crippen molar-refractivity contribution in [3.8, 4) is 0 Å². The SMILES string of the molecule is COC(=N)C(F)(F)C(Cl)Br. The Labute approximate surface area is 70.1 Å². The fraction of sp³-hybridized carbons (Fsp3) is 0.750. The summed E-state index contributed by atoms with van der Waals surface area (Å²) in [5.41, 5.74) is 0. The minimum atomic E-state index is -3.45. The summed E-state index contributed by atoms with van der Waals surface area (Å²) in [7, 11) is 0.989. The molecule has 0 aliphatic rings. The highest BCUT2D eigenvalue weighted by Crippen LogP contribution is 2.29. The van der Waals surface area contributed by atoms with E-state index < -0.39 is 16.1 Å². The number of hydrogen-bond donors (Lipinski definition) is 1. The van der Waals surface area contributed by atoms with Crippen molar-refractivity contribution >= 4 is 33.4 Å². The highest BCUT2D eigenvalue weighted by Gasteiger charge is 2.43. The zero-order chi connectivity index (χ0) is 8.36. The molecular formula is C4H5BrClF2NO. The Bertz CT molecular complexity index is 141. The van der Waals surface area contributed by atoms with Crippen LogP contribution in [-0.4, -0.2) is 23.2 Å². The van der Waals surface area contributed by atoms with Crippen LogP contribution in [0.15, 0.2) is 0 Å². The number of ether oxygens (including phenoxy) is 1. The first-order valence-electron chi connectivity index (χ1n) is 2.22. The van der Waals surface area contributed by atoms with E-state index in [0.717, 1.165) is 7.11 Å². The molecule has 1 N–H and O–H groups in total. The summed E-state index contributed by atoms with van der Waals surface area (Å²) < 4.78 is 27.2. The van der Waals surface area contributed by atoms with Crippen molar-refractivity contribution in [1.82, 2.24) is 0 Å². The quantitative estimate of drug-likeness (QED) is 0.445. The fourth-order valence-electron chi connectivity index (χ4n) is 0.235. The van der Waals surface area contributed by atoms with Gasteiger partial charge in [-0.25, -0.2) is 0 Å². The van der Waals surface area contributed by atoms with Crippen LogP contribution < -0.4 is 0 Å². The molecule has 1 atom stereocenters. The lowest BCUT2D eigenvalue weighted by Crippen LogP contribution is -2.35. The zero-order valence-electron chi connectivity index (χ0n) is 5.00. The Balaban J connectivity index is 4.24. The normalized spacial score (nSPS) is 14.5. The van der Waals surface area contributed by atoms with Gasteiger partial charge in [-0.15, -0.1) is 11.6 Å². The number of alkyl halides is 4. The average molecular weight is 236 g/mol. The Morgan fingerprint density at radius 1 is 1.80 bits per heavy atom. The molecule has 0 radical (unpaired) electrons. The molecule has 0 aromatic heterocycles. The second kappa shape index (κ2) is 3.48. The van der Waals surface area contributed by atoms with Crippen LogP contribution in [-0.2, 0) is 4.74 Å². The van der Waals surface area contributed by atoms with E-state index in [1.165, 1.54) is 0 Å². The third-order valence-electron chi connectivity index (χ3n) is 0.781. The molecule has 10 heavy (non-hydrogen) atoms. The van der Waals surface area contributed by atoms with Crippen molar-refractivity contribution < 1.29 is 13.5 Å². The summed E-state index contributed by atoms with van der Waals surface area (Å²) in [5.74, 6) is -4.60. The third kappa shape index (κ3) is 2.05. The minimum absolute atomic E-state index is 0.989. The summed E-state index contributed by atoms with van der Waals surface area (Å²) in [6.45, 7) is 0. The predicted octanol–water partition coefficient (Wildman–Crippen LogP) is 2.21. The van der Waals surface area contributed by atoms with E-state index in [4.69, 9.17) is 17.0 Å². The average Bonchev–Trinajstić information content (AvgIpc) is 1.86. The van der Waals surface area contributed by atoms with Crippen molar-refractivity contribution in [2.24, 2.45) is 0 Å². The van der Waals surface area contributed by atoms with E-state index in [0.29, 0.717) is 0 Å². The van der Waals surface area contributed by atoms with E-state index in [-0.39, 0.29) is 0 Å². The Morgan fingerprint density at radius 3 is 2.30 bits per heavy atom. The molecule has 0 aromatic rings.